The van der Waals surface area contributed by atoms with Crippen LogP contribution in [-0.4, -0.2) is 28.2 Å². The first-order valence-corrected chi connectivity index (χ1v) is 3.88. The minimum atomic E-state index is -0.765. The second-order valence-corrected chi connectivity index (χ2v) is 2.46. The quantitative estimate of drug-likeness (QED) is 0.436. The van der Waals surface area contributed by atoms with Gasteiger partial charge in [0, 0.05) is 0 Å². The van der Waals surface area contributed by atoms with Crippen LogP contribution in [0.15, 0.2) is 6.20 Å². The zero-order valence-electron chi connectivity index (χ0n) is 6.81. The molecule has 1 aromatic rings. The summed E-state index contributed by atoms with van der Waals surface area (Å²) in [5.74, 6) is -0.326. The Hall–Kier alpha value is -1.50. The van der Waals surface area contributed by atoms with E-state index < -0.39 is 17.3 Å². The van der Waals surface area contributed by atoms with Crippen molar-refractivity contribution < 1.29 is 14.1 Å². The van der Waals surface area contributed by atoms with Gasteiger partial charge >= 0.3 is 5.69 Å². The Kier molecular flexibility index (Phi) is 3.52. The first kappa shape index (κ1) is 10.6. The Morgan fingerprint density at radius 2 is 2.43 bits per heavy atom. The summed E-state index contributed by atoms with van der Waals surface area (Å²) in [4.78, 5) is 16.5. The first-order valence-electron chi connectivity index (χ1n) is 3.51. The summed E-state index contributed by atoms with van der Waals surface area (Å²) in [6.45, 7) is -1.08. The maximum atomic E-state index is 11.7. The number of aromatic nitrogens is 2. The molecular weight excluding hydrogens is 217 g/mol. The van der Waals surface area contributed by atoms with Crippen LogP contribution in [0.3, 0.4) is 0 Å². The number of nitro groups is 1. The van der Waals surface area contributed by atoms with Crippen LogP contribution in [0.25, 0.3) is 0 Å². The maximum absolute atomic E-state index is 11.7. The van der Waals surface area contributed by atoms with Gasteiger partial charge in [-0.25, -0.2) is 9.37 Å². The molecule has 0 aliphatic carbocycles. The lowest BCUT2D eigenvalue weighted by molar-refractivity contribution is -0.386. The smallest absolute Gasteiger partial charge is 0.349 e. The van der Waals surface area contributed by atoms with E-state index in [0.29, 0.717) is 0 Å². The summed E-state index contributed by atoms with van der Waals surface area (Å²) < 4.78 is 16.4. The number of nitrogens with zero attached hydrogens (tertiary/aromatic N) is 3. The van der Waals surface area contributed by atoms with Crippen LogP contribution in [0.2, 0.25) is 5.28 Å². The van der Waals surface area contributed by atoms with Gasteiger partial charge < -0.3 is 4.74 Å². The summed E-state index contributed by atoms with van der Waals surface area (Å²) in [6.07, 6.45) is 0.906. The molecule has 1 aromatic heterocycles. The van der Waals surface area contributed by atoms with Gasteiger partial charge in [0.25, 0.3) is 5.88 Å². The van der Waals surface area contributed by atoms with Gasteiger partial charge in [0.15, 0.2) is 0 Å². The molecule has 0 spiro atoms. The highest BCUT2D eigenvalue weighted by Gasteiger charge is 2.18. The molecule has 0 amide bonds. The molecule has 0 bridgehead atoms. The molecule has 0 aliphatic heterocycles. The monoisotopic (exact) mass is 221 g/mol. The van der Waals surface area contributed by atoms with Crippen molar-refractivity contribution in [3.8, 4) is 5.88 Å². The standard InChI is InChI=1S/C6H5ClFN3O3/c7-6-9-3-4(11(12)13)5(10-6)14-2-1-8/h3H,1-2H2. The lowest BCUT2D eigenvalue weighted by atomic mass is 10.5. The summed E-state index contributed by atoms with van der Waals surface area (Å²) >= 11 is 5.38. The van der Waals surface area contributed by atoms with Gasteiger partial charge in [-0.1, -0.05) is 0 Å². The van der Waals surface area contributed by atoms with Crippen LogP contribution in [0, 0.1) is 10.1 Å². The first-order chi connectivity index (χ1) is 6.65. The molecule has 1 heterocycles. The molecule has 6 nitrogen and oxygen atoms in total. The predicted octanol–water partition coefficient (Wildman–Crippen LogP) is 1.39. The third-order valence-electron chi connectivity index (χ3n) is 1.22. The molecule has 0 aliphatic rings. The predicted molar refractivity (Wildman–Crippen MR) is 45.2 cm³/mol. The Morgan fingerprint density at radius 1 is 1.71 bits per heavy atom. The second kappa shape index (κ2) is 4.66. The fraction of sp³-hybridized carbons (Fsp3) is 0.333. The van der Waals surface area contributed by atoms with E-state index in [1.54, 1.807) is 0 Å². The van der Waals surface area contributed by atoms with Gasteiger partial charge in [0.05, 0.1) is 4.92 Å². The minimum Gasteiger partial charge on any atom is -0.470 e. The topological polar surface area (TPSA) is 78.2 Å². The molecule has 0 radical (unpaired) electrons. The highest BCUT2D eigenvalue weighted by Crippen LogP contribution is 2.23. The van der Waals surface area contributed by atoms with Gasteiger partial charge in [-0.05, 0) is 11.6 Å². The van der Waals surface area contributed by atoms with Crippen molar-refractivity contribution >= 4 is 17.3 Å². The minimum absolute atomic E-state index is 0.190. The van der Waals surface area contributed by atoms with Gasteiger partial charge in [-0.3, -0.25) is 10.1 Å². The van der Waals surface area contributed by atoms with E-state index in [0.717, 1.165) is 6.20 Å². The largest absolute Gasteiger partial charge is 0.470 e. The molecule has 14 heavy (non-hydrogen) atoms. The Morgan fingerprint density at radius 3 is 3.00 bits per heavy atom. The third-order valence-corrected chi connectivity index (χ3v) is 1.40. The third kappa shape index (κ3) is 2.49. The summed E-state index contributed by atoms with van der Waals surface area (Å²) in [5.41, 5.74) is -0.442. The Bertz CT molecular complexity index is 349. The van der Waals surface area contributed by atoms with Crippen molar-refractivity contribution in [1.29, 1.82) is 0 Å². The molecule has 0 N–H and O–H groups in total. The molecular formula is C6H5ClFN3O3. The van der Waals surface area contributed by atoms with E-state index in [4.69, 9.17) is 11.6 Å². The molecule has 0 fully saturated rings. The van der Waals surface area contributed by atoms with E-state index in [-0.39, 0.29) is 17.8 Å². The zero-order valence-corrected chi connectivity index (χ0v) is 7.57. The van der Waals surface area contributed by atoms with Crippen LogP contribution in [0.4, 0.5) is 10.1 Å². The average molecular weight is 222 g/mol. The van der Waals surface area contributed by atoms with Crippen molar-refractivity contribution in [1.82, 2.24) is 9.97 Å². The van der Waals surface area contributed by atoms with Gasteiger partial charge in [-0.15, -0.1) is 0 Å². The van der Waals surface area contributed by atoms with Gasteiger partial charge in [0.1, 0.15) is 19.5 Å². The number of hydrogen-bond acceptors (Lipinski definition) is 5. The number of rotatable bonds is 4. The summed E-state index contributed by atoms with van der Waals surface area (Å²) in [7, 11) is 0. The SMILES string of the molecule is O=[N+]([O-])c1cnc(Cl)nc1OCCF. The van der Waals surface area contributed by atoms with Crippen molar-refractivity contribution in [2.24, 2.45) is 0 Å². The van der Waals surface area contributed by atoms with E-state index in [1.165, 1.54) is 0 Å². The maximum Gasteiger partial charge on any atom is 0.349 e. The molecule has 8 heteroatoms. The van der Waals surface area contributed by atoms with Crippen molar-refractivity contribution in [2.75, 3.05) is 13.3 Å². The normalized spacial score (nSPS) is 9.86. The van der Waals surface area contributed by atoms with Gasteiger partial charge in [-0.2, -0.15) is 4.98 Å². The number of hydrogen-bond donors (Lipinski definition) is 0. The molecule has 76 valence electrons. The van der Waals surface area contributed by atoms with Crippen LogP contribution in [0.5, 0.6) is 5.88 Å². The fourth-order valence-electron chi connectivity index (χ4n) is 0.706. The molecule has 1 rings (SSSR count). The summed E-state index contributed by atoms with van der Waals surface area (Å²) in [5, 5.41) is 10.2. The lowest BCUT2D eigenvalue weighted by Gasteiger charge is -2.02. The van der Waals surface area contributed by atoms with Gasteiger partial charge in [0.2, 0.25) is 5.28 Å². The van der Waals surface area contributed by atoms with Crippen LogP contribution < -0.4 is 4.74 Å². The number of ether oxygens (including phenoxy) is 1. The lowest BCUT2D eigenvalue weighted by Crippen LogP contribution is -2.04. The van der Waals surface area contributed by atoms with E-state index in [9.17, 15) is 14.5 Å². The Labute approximate surface area is 82.8 Å². The van der Waals surface area contributed by atoms with Crippen molar-refractivity contribution in [3.63, 3.8) is 0 Å². The van der Waals surface area contributed by atoms with Crippen LogP contribution >= 0.6 is 11.6 Å². The highest BCUT2D eigenvalue weighted by atomic mass is 35.5. The number of halogens is 2. The zero-order chi connectivity index (χ0) is 10.6. The van der Waals surface area contributed by atoms with Crippen LogP contribution in [-0.2, 0) is 0 Å². The highest BCUT2D eigenvalue weighted by molar-refractivity contribution is 6.28. The van der Waals surface area contributed by atoms with E-state index >= 15 is 0 Å². The van der Waals surface area contributed by atoms with Crippen molar-refractivity contribution in [3.05, 3.63) is 21.6 Å². The average Bonchev–Trinajstić information content (AvgIpc) is 2.14. The van der Waals surface area contributed by atoms with Crippen LogP contribution in [0.1, 0.15) is 0 Å². The molecule has 0 aromatic carbocycles. The van der Waals surface area contributed by atoms with Crippen molar-refractivity contribution in [2.45, 2.75) is 0 Å². The van der Waals surface area contributed by atoms with E-state index in [1.807, 2.05) is 0 Å². The second-order valence-electron chi connectivity index (χ2n) is 2.12. The van der Waals surface area contributed by atoms with E-state index in [2.05, 4.69) is 14.7 Å². The molecule has 0 saturated heterocycles. The summed E-state index contributed by atoms with van der Waals surface area (Å²) in [6, 6.07) is 0. The molecule has 0 atom stereocenters. The molecule has 0 unspecified atom stereocenters. The fourth-order valence-corrected chi connectivity index (χ4v) is 0.832. The Balaban J connectivity index is 2.97. The number of alkyl halides is 1. The molecule has 0 saturated carbocycles.